The molecule has 0 unspecified atom stereocenters. The van der Waals surface area contributed by atoms with Crippen molar-refractivity contribution in [3.63, 3.8) is 0 Å². The van der Waals surface area contributed by atoms with Crippen molar-refractivity contribution in [2.75, 3.05) is 39.5 Å². The van der Waals surface area contributed by atoms with E-state index in [0.717, 1.165) is 71.3 Å². The molecule has 0 amide bonds. The first-order chi connectivity index (χ1) is 14.8. The number of guanidine groups is 1. The number of aromatic nitrogens is 2. The molecule has 0 atom stereocenters. The van der Waals surface area contributed by atoms with Crippen LogP contribution in [0.25, 0.3) is 0 Å². The molecule has 0 saturated carbocycles. The quantitative estimate of drug-likeness (QED) is 0.337. The van der Waals surface area contributed by atoms with Gasteiger partial charge in [-0.2, -0.15) is 0 Å². The molecule has 2 aromatic rings. The molecule has 1 aromatic heterocycles. The van der Waals surface area contributed by atoms with Gasteiger partial charge in [0.25, 0.3) is 0 Å². The Bertz CT molecular complexity index is 742. The Morgan fingerprint density at radius 1 is 1.27 bits per heavy atom. The molecule has 1 saturated heterocycles. The van der Waals surface area contributed by atoms with Crippen molar-refractivity contribution in [2.24, 2.45) is 10.9 Å². The predicted molar refractivity (Wildman–Crippen MR) is 120 cm³/mol. The summed E-state index contributed by atoms with van der Waals surface area (Å²) in [7, 11) is 0. The second kappa shape index (κ2) is 13.0. The number of ether oxygens (including phenoxy) is 2. The van der Waals surface area contributed by atoms with E-state index in [1.54, 1.807) is 6.20 Å². The average molecular weight is 414 g/mol. The minimum Gasteiger partial charge on any atom is -0.381 e. The maximum Gasteiger partial charge on any atom is 0.191 e. The third-order valence-corrected chi connectivity index (χ3v) is 5.13. The van der Waals surface area contributed by atoms with Crippen LogP contribution in [0.4, 0.5) is 0 Å². The number of benzene rings is 1. The lowest BCUT2D eigenvalue weighted by molar-refractivity contribution is 0.0203. The molecule has 2 N–H and O–H groups in total. The standard InChI is InChI=1S/C23H35N5O2/c1-2-25-23(26-9-4-12-30-18-20-7-13-29-14-8-20)27-16-21-5-3-6-22(15-21)17-28-11-10-24-19-28/h3,5-6,10-11,15,19-20H,2,4,7-9,12-14,16-18H2,1H3,(H2,25,26,27). The molecule has 0 bridgehead atoms. The monoisotopic (exact) mass is 413 g/mol. The molecule has 1 aromatic carbocycles. The summed E-state index contributed by atoms with van der Waals surface area (Å²) in [5, 5.41) is 6.73. The topological polar surface area (TPSA) is 72.7 Å². The summed E-state index contributed by atoms with van der Waals surface area (Å²) in [6.45, 7) is 8.63. The van der Waals surface area contributed by atoms with Crippen molar-refractivity contribution >= 4 is 5.96 Å². The first-order valence-corrected chi connectivity index (χ1v) is 11.0. The molecule has 0 radical (unpaired) electrons. The fraction of sp³-hybridized carbons (Fsp3) is 0.565. The van der Waals surface area contributed by atoms with Gasteiger partial charge in [-0.3, -0.25) is 0 Å². The Labute approximate surface area is 179 Å². The molecule has 1 aliphatic rings. The van der Waals surface area contributed by atoms with Crippen molar-refractivity contribution in [1.29, 1.82) is 0 Å². The summed E-state index contributed by atoms with van der Waals surface area (Å²) in [5.41, 5.74) is 2.45. The van der Waals surface area contributed by atoms with E-state index in [0.29, 0.717) is 12.5 Å². The highest BCUT2D eigenvalue weighted by Gasteiger charge is 2.13. The number of rotatable bonds is 11. The van der Waals surface area contributed by atoms with E-state index in [2.05, 4.69) is 51.4 Å². The van der Waals surface area contributed by atoms with Gasteiger partial charge < -0.3 is 24.7 Å². The molecule has 1 fully saturated rings. The van der Waals surface area contributed by atoms with E-state index in [1.807, 2.05) is 12.5 Å². The van der Waals surface area contributed by atoms with E-state index in [-0.39, 0.29) is 0 Å². The van der Waals surface area contributed by atoms with Gasteiger partial charge in [0.2, 0.25) is 0 Å². The van der Waals surface area contributed by atoms with Crippen molar-refractivity contribution in [3.05, 3.63) is 54.1 Å². The summed E-state index contributed by atoms with van der Waals surface area (Å²) in [6.07, 6.45) is 8.83. The normalized spacial score (nSPS) is 15.3. The smallest absolute Gasteiger partial charge is 0.191 e. The van der Waals surface area contributed by atoms with Crippen molar-refractivity contribution in [1.82, 2.24) is 20.2 Å². The molecule has 0 aliphatic carbocycles. The first-order valence-electron chi connectivity index (χ1n) is 11.0. The fourth-order valence-electron chi connectivity index (χ4n) is 3.47. The lowest BCUT2D eigenvalue weighted by atomic mass is 10.0. The van der Waals surface area contributed by atoms with Crippen molar-refractivity contribution in [2.45, 2.75) is 39.3 Å². The molecule has 2 heterocycles. The van der Waals surface area contributed by atoms with Gasteiger partial charge in [0.15, 0.2) is 5.96 Å². The van der Waals surface area contributed by atoms with Crippen molar-refractivity contribution < 1.29 is 9.47 Å². The number of hydrogen-bond acceptors (Lipinski definition) is 4. The summed E-state index contributed by atoms with van der Waals surface area (Å²) in [6, 6.07) is 8.55. The van der Waals surface area contributed by atoms with Crippen LogP contribution in [0.3, 0.4) is 0 Å². The van der Waals surface area contributed by atoms with Crippen LogP contribution in [-0.2, 0) is 22.6 Å². The van der Waals surface area contributed by atoms with Crippen molar-refractivity contribution in [3.8, 4) is 0 Å². The van der Waals surface area contributed by atoms with E-state index >= 15 is 0 Å². The van der Waals surface area contributed by atoms with Gasteiger partial charge in [0.05, 0.1) is 12.9 Å². The van der Waals surface area contributed by atoms with E-state index in [4.69, 9.17) is 14.5 Å². The highest BCUT2D eigenvalue weighted by atomic mass is 16.5. The highest BCUT2D eigenvalue weighted by Crippen LogP contribution is 2.14. The lowest BCUT2D eigenvalue weighted by Gasteiger charge is -2.21. The molecule has 7 heteroatoms. The molecule has 164 valence electrons. The largest absolute Gasteiger partial charge is 0.381 e. The molecule has 3 rings (SSSR count). The summed E-state index contributed by atoms with van der Waals surface area (Å²) < 4.78 is 13.3. The molecule has 30 heavy (non-hydrogen) atoms. The second-order valence-electron chi connectivity index (χ2n) is 7.66. The van der Waals surface area contributed by atoms with Gasteiger partial charge in [0, 0.05) is 58.5 Å². The predicted octanol–water partition coefficient (Wildman–Crippen LogP) is 2.82. The third-order valence-electron chi connectivity index (χ3n) is 5.13. The average Bonchev–Trinajstić information content (AvgIpc) is 3.28. The number of imidazole rings is 1. The van der Waals surface area contributed by atoms with Crippen LogP contribution in [0.2, 0.25) is 0 Å². The number of nitrogens with zero attached hydrogens (tertiary/aromatic N) is 3. The van der Waals surface area contributed by atoms with Gasteiger partial charge in [-0.05, 0) is 43.2 Å². The van der Waals surface area contributed by atoms with Gasteiger partial charge in [-0.1, -0.05) is 24.3 Å². The molecule has 1 aliphatic heterocycles. The van der Waals surface area contributed by atoms with E-state index in [1.165, 1.54) is 11.1 Å². The Morgan fingerprint density at radius 2 is 2.13 bits per heavy atom. The maximum absolute atomic E-state index is 5.84. The number of nitrogens with one attached hydrogen (secondary N) is 2. The molecular formula is C23H35N5O2. The minimum atomic E-state index is 0.646. The Hall–Kier alpha value is -2.38. The zero-order chi connectivity index (χ0) is 20.9. The summed E-state index contributed by atoms with van der Waals surface area (Å²) in [4.78, 5) is 8.84. The van der Waals surface area contributed by atoms with Crippen LogP contribution in [0.5, 0.6) is 0 Å². The third kappa shape index (κ3) is 8.16. The zero-order valence-corrected chi connectivity index (χ0v) is 18.1. The Morgan fingerprint density at radius 3 is 2.93 bits per heavy atom. The molecule has 7 nitrogen and oxygen atoms in total. The maximum atomic E-state index is 5.84. The van der Waals surface area contributed by atoms with Gasteiger partial charge in [-0.15, -0.1) is 0 Å². The van der Waals surface area contributed by atoms with Gasteiger partial charge in [-0.25, -0.2) is 9.98 Å². The molecule has 0 spiro atoms. The SMILES string of the molecule is CCNC(=NCc1cccc(Cn2ccnc2)c1)NCCCOCC1CCOCC1. The highest BCUT2D eigenvalue weighted by molar-refractivity contribution is 5.79. The van der Waals surface area contributed by atoms with E-state index in [9.17, 15) is 0 Å². The Balaban J connectivity index is 1.38. The van der Waals surface area contributed by atoms with Crippen LogP contribution < -0.4 is 10.6 Å². The van der Waals surface area contributed by atoms with Crippen LogP contribution in [0, 0.1) is 5.92 Å². The fourth-order valence-corrected chi connectivity index (χ4v) is 3.47. The molecular weight excluding hydrogens is 378 g/mol. The van der Waals surface area contributed by atoms with Gasteiger partial charge >= 0.3 is 0 Å². The van der Waals surface area contributed by atoms with E-state index < -0.39 is 0 Å². The summed E-state index contributed by atoms with van der Waals surface area (Å²) in [5.74, 6) is 1.51. The zero-order valence-electron chi connectivity index (χ0n) is 18.1. The van der Waals surface area contributed by atoms with Crippen LogP contribution in [0.1, 0.15) is 37.3 Å². The first kappa shape index (κ1) is 22.3. The minimum absolute atomic E-state index is 0.646. The van der Waals surface area contributed by atoms with Crippen LogP contribution >= 0.6 is 0 Å². The van der Waals surface area contributed by atoms with Crippen LogP contribution in [-0.4, -0.2) is 55.0 Å². The number of aliphatic imine (C=N–C) groups is 1. The lowest BCUT2D eigenvalue weighted by Crippen LogP contribution is -2.38. The second-order valence-corrected chi connectivity index (χ2v) is 7.66. The van der Waals surface area contributed by atoms with Crippen LogP contribution in [0.15, 0.2) is 48.0 Å². The summed E-state index contributed by atoms with van der Waals surface area (Å²) >= 11 is 0. The Kier molecular flexibility index (Phi) is 9.69. The van der Waals surface area contributed by atoms with Gasteiger partial charge in [0.1, 0.15) is 0 Å². The number of hydrogen-bond donors (Lipinski definition) is 2.